The molecule has 0 atom stereocenters. The summed E-state index contributed by atoms with van der Waals surface area (Å²) in [5.74, 6) is 3.07. The van der Waals surface area contributed by atoms with Gasteiger partial charge in [0.25, 0.3) is 0 Å². The largest absolute Gasteiger partial charge is 0.493 e. The van der Waals surface area contributed by atoms with Gasteiger partial charge in [0.2, 0.25) is 5.95 Å². The SMILES string of the molecule is COc1ccc(CCNc2nncc(Nc3ccc(C(C)C)cc3)n2)cc1OC. The minimum Gasteiger partial charge on any atom is -0.493 e. The lowest BCUT2D eigenvalue weighted by molar-refractivity contribution is 0.354. The zero-order valence-electron chi connectivity index (χ0n) is 17.3. The normalized spacial score (nSPS) is 10.7. The van der Waals surface area contributed by atoms with E-state index in [0.717, 1.165) is 29.2 Å². The molecular formula is C22H27N5O2. The molecule has 0 aliphatic rings. The van der Waals surface area contributed by atoms with E-state index in [0.29, 0.717) is 24.2 Å². The van der Waals surface area contributed by atoms with Gasteiger partial charge in [-0.1, -0.05) is 32.0 Å². The maximum Gasteiger partial charge on any atom is 0.244 e. The molecule has 1 heterocycles. The number of rotatable bonds is 9. The topological polar surface area (TPSA) is 81.2 Å². The summed E-state index contributed by atoms with van der Waals surface area (Å²) in [7, 11) is 3.26. The van der Waals surface area contributed by atoms with E-state index in [2.05, 4.69) is 51.8 Å². The molecule has 0 radical (unpaired) electrons. The Morgan fingerprint density at radius 1 is 0.966 bits per heavy atom. The molecule has 7 heteroatoms. The molecule has 0 unspecified atom stereocenters. The molecule has 0 amide bonds. The van der Waals surface area contributed by atoms with E-state index in [1.165, 1.54) is 5.56 Å². The van der Waals surface area contributed by atoms with E-state index in [4.69, 9.17) is 9.47 Å². The average molecular weight is 393 g/mol. The molecule has 7 nitrogen and oxygen atoms in total. The third-order valence-electron chi connectivity index (χ3n) is 4.55. The fraction of sp³-hybridized carbons (Fsp3) is 0.318. The number of nitrogens with zero attached hydrogens (tertiary/aromatic N) is 3. The zero-order chi connectivity index (χ0) is 20.6. The van der Waals surface area contributed by atoms with Crippen molar-refractivity contribution in [1.29, 1.82) is 0 Å². The number of hydrogen-bond acceptors (Lipinski definition) is 7. The van der Waals surface area contributed by atoms with Gasteiger partial charge in [-0.25, -0.2) is 0 Å². The summed E-state index contributed by atoms with van der Waals surface area (Å²) in [5, 5.41) is 14.6. The predicted octanol–water partition coefficient (Wildman–Crippen LogP) is 4.41. The van der Waals surface area contributed by atoms with Crippen LogP contribution in [0.3, 0.4) is 0 Å². The number of anilines is 3. The van der Waals surface area contributed by atoms with E-state index in [-0.39, 0.29) is 0 Å². The number of hydrogen-bond donors (Lipinski definition) is 2. The monoisotopic (exact) mass is 393 g/mol. The van der Waals surface area contributed by atoms with Gasteiger partial charge in [-0.15, -0.1) is 5.10 Å². The average Bonchev–Trinajstić information content (AvgIpc) is 2.74. The molecule has 3 rings (SSSR count). The molecule has 1 aromatic heterocycles. The molecule has 0 aliphatic heterocycles. The van der Waals surface area contributed by atoms with E-state index in [1.54, 1.807) is 20.4 Å². The molecule has 0 fully saturated rings. The van der Waals surface area contributed by atoms with Crippen LogP contribution < -0.4 is 20.1 Å². The van der Waals surface area contributed by atoms with Gasteiger partial charge in [-0.05, 0) is 47.7 Å². The van der Waals surface area contributed by atoms with Gasteiger partial charge in [-0.2, -0.15) is 10.1 Å². The molecule has 0 saturated carbocycles. The lowest BCUT2D eigenvalue weighted by Gasteiger charge is -2.11. The van der Waals surface area contributed by atoms with E-state index in [9.17, 15) is 0 Å². The van der Waals surface area contributed by atoms with Gasteiger partial charge in [-0.3, -0.25) is 0 Å². The van der Waals surface area contributed by atoms with Crippen molar-refractivity contribution >= 4 is 17.5 Å². The Kier molecular flexibility index (Phi) is 6.84. The highest BCUT2D eigenvalue weighted by Crippen LogP contribution is 2.27. The summed E-state index contributed by atoms with van der Waals surface area (Å²) in [6, 6.07) is 14.2. The summed E-state index contributed by atoms with van der Waals surface area (Å²) in [6.45, 7) is 5.02. The van der Waals surface area contributed by atoms with Crippen LogP contribution in [0.5, 0.6) is 11.5 Å². The first kappa shape index (κ1) is 20.4. The van der Waals surface area contributed by atoms with Gasteiger partial charge < -0.3 is 20.1 Å². The fourth-order valence-electron chi connectivity index (χ4n) is 2.89. The van der Waals surface area contributed by atoms with E-state index >= 15 is 0 Å². The van der Waals surface area contributed by atoms with Crippen molar-refractivity contribution in [1.82, 2.24) is 15.2 Å². The highest BCUT2D eigenvalue weighted by Gasteiger charge is 2.06. The van der Waals surface area contributed by atoms with Crippen molar-refractivity contribution < 1.29 is 9.47 Å². The molecule has 0 aliphatic carbocycles. The second kappa shape index (κ2) is 9.73. The van der Waals surface area contributed by atoms with Crippen molar-refractivity contribution in [2.45, 2.75) is 26.2 Å². The number of aromatic nitrogens is 3. The number of benzene rings is 2. The fourth-order valence-corrected chi connectivity index (χ4v) is 2.89. The van der Waals surface area contributed by atoms with Crippen LogP contribution in [0, 0.1) is 0 Å². The standard InChI is InChI=1S/C22H27N5O2/c1-15(2)17-6-8-18(9-7-17)25-21-14-24-27-22(26-21)23-12-11-16-5-10-19(28-3)20(13-16)29-4/h5-10,13-15H,11-12H2,1-4H3,(H2,23,25,26,27). The number of nitrogens with one attached hydrogen (secondary N) is 2. The molecule has 0 saturated heterocycles. The molecule has 2 N–H and O–H groups in total. The molecule has 152 valence electrons. The Balaban J connectivity index is 1.57. The first-order chi connectivity index (χ1) is 14.1. The molecule has 3 aromatic rings. The van der Waals surface area contributed by atoms with Gasteiger partial charge >= 0.3 is 0 Å². The molecule has 2 aromatic carbocycles. The second-order valence-electron chi connectivity index (χ2n) is 6.93. The van der Waals surface area contributed by atoms with E-state index in [1.807, 2.05) is 30.3 Å². The van der Waals surface area contributed by atoms with Crippen LogP contribution in [0.4, 0.5) is 17.5 Å². The van der Waals surface area contributed by atoms with Crippen LogP contribution in [-0.4, -0.2) is 35.9 Å². The van der Waals surface area contributed by atoms with Crippen LogP contribution in [0.15, 0.2) is 48.7 Å². The van der Waals surface area contributed by atoms with Crippen molar-refractivity contribution in [3.8, 4) is 11.5 Å². The smallest absolute Gasteiger partial charge is 0.244 e. The highest BCUT2D eigenvalue weighted by atomic mass is 16.5. The van der Waals surface area contributed by atoms with Crippen molar-refractivity contribution in [2.24, 2.45) is 0 Å². The van der Waals surface area contributed by atoms with Gasteiger partial charge in [0.15, 0.2) is 17.3 Å². The van der Waals surface area contributed by atoms with Crippen LogP contribution in [0.2, 0.25) is 0 Å². The minimum atomic E-state index is 0.481. The van der Waals surface area contributed by atoms with Gasteiger partial charge in [0.05, 0.1) is 20.4 Å². The predicted molar refractivity (Wildman–Crippen MR) is 115 cm³/mol. The quantitative estimate of drug-likeness (QED) is 0.557. The van der Waals surface area contributed by atoms with Crippen molar-refractivity contribution in [3.63, 3.8) is 0 Å². The van der Waals surface area contributed by atoms with Crippen molar-refractivity contribution in [2.75, 3.05) is 31.4 Å². The first-order valence-electron chi connectivity index (χ1n) is 9.60. The lowest BCUT2D eigenvalue weighted by Crippen LogP contribution is -2.10. The van der Waals surface area contributed by atoms with Crippen LogP contribution >= 0.6 is 0 Å². The molecule has 29 heavy (non-hydrogen) atoms. The maximum absolute atomic E-state index is 5.35. The Morgan fingerprint density at radius 2 is 1.72 bits per heavy atom. The summed E-state index contributed by atoms with van der Waals surface area (Å²) in [6.07, 6.45) is 2.40. The summed E-state index contributed by atoms with van der Waals surface area (Å²) < 4.78 is 10.6. The Hall–Kier alpha value is -3.35. The first-order valence-corrected chi connectivity index (χ1v) is 9.60. The summed E-state index contributed by atoms with van der Waals surface area (Å²) in [5.41, 5.74) is 3.39. The van der Waals surface area contributed by atoms with Gasteiger partial charge in [0, 0.05) is 12.2 Å². The second-order valence-corrected chi connectivity index (χ2v) is 6.93. The minimum absolute atomic E-state index is 0.481. The number of ether oxygens (including phenoxy) is 2. The summed E-state index contributed by atoms with van der Waals surface area (Å²) >= 11 is 0. The third-order valence-corrected chi connectivity index (χ3v) is 4.55. The van der Waals surface area contributed by atoms with Crippen LogP contribution in [0.1, 0.15) is 30.9 Å². The molecule has 0 bridgehead atoms. The Labute approximate surface area is 171 Å². The van der Waals surface area contributed by atoms with Crippen LogP contribution in [0.25, 0.3) is 0 Å². The molecular weight excluding hydrogens is 366 g/mol. The van der Waals surface area contributed by atoms with E-state index < -0.39 is 0 Å². The lowest BCUT2D eigenvalue weighted by atomic mass is 10.0. The number of methoxy groups -OCH3 is 2. The third kappa shape index (κ3) is 5.57. The zero-order valence-corrected chi connectivity index (χ0v) is 17.3. The molecule has 0 spiro atoms. The highest BCUT2D eigenvalue weighted by molar-refractivity contribution is 5.56. The van der Waals surface area contributed by atoms with Gasteiger partial charge in [0.1, 0.15) is 0 Å². The summed E-state index contributed by atoms with van der Waals surface area (Å²) in [4.78, 5) is 4.48. The Morgan fingerprint density at radius 3 is 2.41 bits per heavy atom. The van der Waals surface area contributed by atoms with Crippen LogP contribution in [-0.2, 0) is 6.42 Å². The van der Waals surface area contributed by atoms with Crippen molar-refractivity contribution in [3.05, 3.63) is 59.8 Å². The Bertz CT molecular complexity index is 929. The maximum atomic E-state index is 5.35.